The van der Waals surface area contributed by atoms with Gasteiger partial charge in [0.05, 0.1) is 5.69 Å². The molecule has 3 rings (SSSR count). The summed E-state index contributed by atoms with van der Waals surface area (Å²) in [6.45, 7) is 4.25. The quantitative estimate of drug-likeness (QED) is 0.919. The lowest BCUT2D eigenvalue weighted by Gasteiger charge is -2.10. The summed E-state index contributed by atoms with van der Waals surface area (Å²) < 4.78 is 0. The Bertz CT molecular complexity index is 630. The van der Waals surface area contributed by atoms with Crippen molar-refractivity contribution in [3.8, 4) is 11.3 Å². The molecule has 0 aliphatic heterocycles. The highest BCUT2D eigenvalue weighted by Gasteiger charge is 2.21. The molecular weight excluding hydrogens is 246 g/mol. The molecule has 0 unspecified atom stereocenters. The van der Waals surface area contributed by atoms with Gasteiger partial charge in [0.25, 0.3) is 0 Å². The first-order valence-corrected chi connectivity index (χ1v) is 7.33. The number of benzene rings is 1. The lowest BCUT2D eigenvalue weighted by atomic mass is 10.00. The Morgan fingerprint density at radius 2 is 2.00 bits per heavy atom. The Labute approximate surface area is 120 Å². The number of hydrogen-bond donors (Lipinski definition) is 1. The van der Waals surface area contributed by atoms with Gasteiger partial charge in [-0.3, -0.25) is 0 Å². The summed E-state index contributed by atoms with van der Waals surface area (Å²) in [5.41, 5.74) is 11.6. The van der Waals surface area contributed by atoms with Gasteiger partial charge in [-0.25, -0.2) is 9.97 Å². The van der Waals surface area contributed by atoms with Crippen LogP contribution in [0.2, 0.25) is 0 Å². The third kappa shape index (κ3) is 2.82. The molecule has 0 radical (unpaired) electrons. The number of hydrogen-bond acceptors (Lipinski definition) is 3. The summed E-state index contributed by atoms with van der Waals surface area (Å²) in [4.78, 5) is 8.79. The maximum atomic E-state index is 5.88. The molecule has 0 atom stereocenters. The van der Waals surface area contributed by atoms with E-state index in [1.54, 1.807) is 0 Å². The van der Waals surface area contributed by atoms with Crippen molar-refractivity contribution in [1.29, 1.82) is 0 Å². The molecule has 0 bridgehead atoms. The third-order valence-corrected chi connectivity index (χ3v) is 4.18. The molecule has 0 saturated heterocycles. The van der Waals surface area contributed by atoms with E-state index in [4.69, 9.17) is 5.73 Å². The summed E-state index contributed by atoms with van der Waals surface area (Å²) in [6.07, 6.45) is 4.99. The first-order chi connectivity index (χ1) is 9.63. The van der Waals surface area contributed by atoms with Crippen LogP contribution in [0.25, 0.3) is 11.3 Å². The molecule has 2 N–H and O–H groups in total. The first-order valence-electron chi connectivity index (χ1n) is 7.33. The summed E-state index contributed by atoms with van der Waals surface area (Å²) in [6, 6.07) is 8.40. The zero-order valence-electron chi connectivity index (χ0n) is 12.2. The number of rotatable bonds is 4. The standard InChI is InChI=1S/C17H21N3/c1-11-4-3-5-15(12(11)2)16-10-14(19-17(18)20-16)9-8-13-6-7-13/h3-5,10,13H,6-9H2,1-2H3,(H2,18,19,20). The monoisotopic (exact) mass is 267 g/mol. The summed E-state index contributed by atoms with van der Waals surface area (Å²) in [5.74, 6) is 1.30. The topological polar surface area (TPSA) is 51.8 Å². The van der Waals surface area contributed by atoms with Crippen molar-refractivity contribution < 1.29 is 0 Å². The van der Waals surface area contributed by atoms with Gasteiger partial charge in [0.1, 0.15) is 0 Å². The van der Waals surface area contributed by atoms with Crippen molar-refractivity contribution in [2.24, 2.45) is 5.92 Å². The molecule has 104 valence electrons. The van der Waals surface area contributed by atoms with Crippen molar-refractivity contribution in [3.05, 3.63) is 41.1 Å². The molecule has 0 spiro atoms. The molecule has 1 aromatic carbocycles. The molecule has 1 heterocycles. The van der Waals surface area contributed by atoms with E-state index < -0.39 is 0 Å². The number of aryl methyl sites for hydroxylation is 2. The molecule has 1 fully saturated rings. The third-order valence-electron chi connectivity index (χ3n) is 4.18. The molecule has 3 nitrogen and oxygen atoms in total. The molecule has 3 heteroatoms. The van der Waals surface area contributed by atoms with Crippen molar-refractivity contribution >= 4 is 5.95 Å². The Hall–Kier alpha value is -1.90. The average molecular weight is 267 g/mol. The van der Waals surface area contributed by atoms with Crippen LogP contribution in [0.3, 0.4) is 0 Å². The molecule has 1 aromatic heterocycles. The number of nitrogens with zero attached hydrogens (tertiary/aromatic N) is 2. The second-order valence-electron chi connectivity index (χ2n) is 5.83. The fourth-order valence-corrected chi connectivity index (χ4v) is 2.57. The number of anilines is 1. The van der Waals surface area contributed by atoms with Gasteiger partial charge in [0, 0.05) is 11.3 Å². The predicted octanol–water partition coefficient (Wildman–Crippen LogP) is 3.69. The minimum atomic E-state index is 0.384. The predicted molar refractivity (Wildman–Crippen MR) is 82.4 cm³/mol. The van der Waals surface area contributed by atoms with E-state index in [1.807, 2.05) is 0 Å². The van der Waals surface area contributed by atoms with Gasteiger partial charge in [-0.1, -0.05) is 31.0 Å². The van der Waals surface area contributed by atoms with Crippen molar-refractivity contribution in [3.63, 3.8) is 0 Å². The second-order valence-corrected chi connectivity index (χ2v) is 5.83. The van der Waals surface area contributed by atoms with Gasteiger partial charge >= 0.3 is 0 Å². The van der Waals surface area contributed by atoms with Crippen molar-refractivity contribution in [2.75, 3.05) is 5.73 Å². The fraction of sp³-hybridized carbons (Fsp3) is 0.412. The summed E-state index contributed by atoms with van der Waals surface area (Å²) in [5, 5.41) is 0. The zero-order valence-corrected chi connectivity index (χ0v) is 12.2. The van der Waals surface area contributed by atoms with Gasteiger partial charge in [-0.05, 0) is 49.8 Å². The van der Waals surface area contributed by atoms with E-state index in [1.165, 1.54) is 30.4 Å². The van der Waals surface area contributed by atoms with Crippen LogP contribution in [0, 0.1) is 19.8 Å². The van der Waals surface area contributed by atoms with Crippen molar-refractivity contribution in [2.45, 2.75) is 39.5 Å². The largest absolute Gasteiger partial charge is 0.368 e. The van der Waals surface area contributed by atoms with Gasteiger partial charge in [-0.15, -0.1) is 0 Å². The van der Waals surface area contributed by atoms with E-state index in [0.717, 1.165) is 29.3 Å². The van der Waals surface area contributed by atoms with E-state index in [-0.39, 0.29) is 0 Å². The van der Waals surface area contributed by atoms with Crippen LogP contribution in [0.15, 0.2) is 24.3 Å². The number of aromatic nitrogens is 2. The van der Waals surface area contributed by atoms with E-state index >= 15 is 0 Å². The Morgan fingerprint density at radius 1 is 1.20 bits per heavy atom. The van der Waals surface area contributed by atoms with Crippen LogP contribution in [-0.2, 0) is 6.42 Å². The van der Waals surface area contributed by atoms with Crippen LogP contribution < -0.4 is 5.73 Å². The number of nitrogen functional groups attached to an aromatic ring is 1. The smallest absolute Gasteiger partial charge is 0.220 e. The number of nitrogens with two attached hydrogens (primary N) is 1. The normalized spacial score (nSPS) is 14.5. The van der Waals surface area contributed by atoms with Crippen LogP contribution >= 0.6 is 0 Å². The van der Waals surface area contributed by atoms with E-state index in [0.29, 0.717) is 5.95 Å². The molecular formula is C17H21N3. The van der Waals surface area contributed by atoms with Crippen LogP contribution in [0.1, 0.15) is 36.1 Å². The van der Waals surface area contributed by atoms with E-state index in [9.17, 15) is 0 Å². The first kappa shape index (κ1) is 13.1. The Balaban J connectivity index is 1.93. The average Bonchev–Trinajstić information content (AvgIpc) is 3.23. The van der Waals surface area contributed by atoms with Gasteiger partial charge in [0.15, 0.2) is 0 Å². The zero-order chi connectivity index (χ0) is 14.1. The van der Waals surface area contributed by atoms with Crippen LogP contribution in [0.4, 0.5) is 5.95 Å². The minimum absolute atomic E-state index is 0.384. The maximum Gasteiger partial charge on any atom is 0.220 e. The lowest BCUT2D eigenvalue weighted by Crippen LogP contribution is -2.02. The maximum absolute atomic E-state index is 5.88. The lowest BCUT2D eigenvalue weighted by molar-refractivity contribution is 0.713. The molecule has 0 amide bonds. The van der Waals surface area contributed by atoms with Gasteiger partial charge in [0.2, 0.25) is 5.95 Å². The molecule has 1 saturated carbocycles. The Morgan fingerprint density at radius 3 is 2.75 bits per heavy atom. The fourth-order valence-electron chi connectivity index (χ4n) is 2.57. The highest BCUT2D eigenvalue weighted by molar-refractivity contribution is 5.66. The SMILES string of the molecule is Cc1cccc(-c2cc(CCC3CC3)nc(N)n2)c1C. The summed E-state index contributed by atoms with van der Waals surface area (Å²) >= 11 is 0. The van der Waals surface area contributed by atoms with Crippen molar-refractivity contribution in [1.82, 2.24) is 9.97 Å². The molecule has 1 aliphatic carbocycles. The molecule has 1 aliphatic rings. The highest BCUT2D eigenvalue weighted by Crippen LogP contribution is 2.33. The highest BCUT2D eigenvalue weighted by atomic mass is 15.0. The van der Waals surface area contributed by atoms with Crippen LogP contribution in [-0.4, -0.2) is 9.97 Å². The van der Waals surface area contributed by atoms with E-state index in [2.05, 4.69) is 48.1 Å². The minimum Gasteiger partial charge on any atom is -0.368 e. The van der Waals surface area contributed by atoms with Gasteiger partial charge in [-0.2, -0.15) is 0 Å². The second kappa shape index (κ2) is 5.23. The molecule has 2 aromatic rings. The summed E-state index contributed by atoms with van der Waals surface area (Å²) in [7, 11) is 0. The Kier molecular flexibility index (Phi) is 3.43. The van der Waals surface area contributed by atoms with Crippen LogP contribution in [0.5, 0.6) is 0 Å². The molecule has 20 heavy (non-hydrogen) atoms. The van der Waals surface area contributed by atoms with Gasteiger partial charge < -0.3 is 5.73 Å².